The van der Waals surface area contributed by atoms with E-state index >= 15 is 0 Å². The summed E-state index contributed by atoms with van der Waals surface area (Å²) in [5, 5.41) is 18.1. The number of sulfonamides is 1. The lowest BCUT2D eigenvalue weighted by Crippen LogP contribution is -2.55. The Balaban J connectivity index is 1.60. The van der Waals surface area contributed by atoms with Gasteiger partial charge in [0.25, 0.3) is 0 Å². The van der Waals surface area contributed by atoms with Gasteiger partial charge in [0, 0.05) is 24.8 Å². The molecule has 0 atom stereocenters. The predicted octanol–water partition coefficient (Wildman–Crippen LogP) is 0.559. The second-order valence-corrected chi connectivity index (χ2v) is 8.35. The predicted molar refractivity (Wildman–Crippen MR) is 88.0 cm³/mol. The minimum Gasteiger partial charge on any atom is -0.480 e. The van der Waals surface area contributed by atoms with Gasteiger partial charge in [0.1, 0.15) is 11.0 Å². The number of aliphatic carboxylic acids is 1. The SMILES string of the molecule is N#Cc1ncccc1S(=O)(=O)NC1CC(N(CC(=O)O)CC2CC2)C1. The molecule has 25 heavy (non-hydrogen) atoms. The minimum atomic E-state index is -3.82. The fourth-order valence-electron chi connectivity index (χ4n) is 3.10. The summed E-state index contributed by atoms with van der Waals surface area (Å²) < 4.78 is 27.5. The number of pyridine rings is 1. The van der Waals surface area contributed by atoms with Gasteiger partial charge in [-0.3, -0.25) is 9.69 Å². The van der Waals surface area contributed by atoms with Crippen LogP contribution in [0.4, 0.5) is 0 Å². The third-order valence-electron chi connectivity index (χ3n) is 4.65. The first-order chi connectivity index (χ1) is 11.9. The summed E-state index contributed by atoms with van der Waals surface area (Å²) in [4.78, 5) is 16.6. The van der Waals surface area contributed by atoms with E-state index in [2.05, 4.69) is 9.71 Å². The van der Waals surface area contributed by atoms with Gasteiger partial charge >= 0.3 is 5.97 Å². The van der Waals surface area contributed by atoms with E-state index in [1.165, 1.54) is 18.3 Å². The van der Waals surface area contributed by atoms with E-state index in [1.807, 2.05) is 4.90 Å². The normalized spacial score (nSPS) is 23.0. The standard InChI is InChI=1S/C16H20N4O4S/c17-8-14-15(2-1-5-18-14)25(23,24)19-12-6-13(7-12)20(10-16(21)22)9-11-3-4-11/h1-2,5,11-13,19H,3-4,6-7,9-10H2,(H,21,22). The van der Waals surface area contributed by atoms with Crippen LogP contribution in [0, 0.1) is 17.2 Å². The molecule has 0 spiro atoms. The quantitative estimate of drug-likeness (QED) is 0.691. The molecular weight excluding hydrogens is 344 g/mol. The van der Waals surface area contributed by atoms with Gasteiger partial charge in [-0.2, -0.15) is 5.26 Å². The number of aromatic nitrogens is 1. The summed E-state index contributed by atoms with van der Waals surface area (Å²) in [5.41, 5.74) is -0.132. The average Bonchev–Trinajstić information content (AvgIpc) is 3.33. The van der Waals surface area contributed by atoms with Crippen molar-refractivity contribution in [3.8, 4) is 6.07 Å². The first kappa shape index (κ1) is 17.8. The lowest BCUT2D eigenvalue weighted by molar-refractivity contribution is -0.139. The van der Waals surface area contributed by atoms with Crippen LogP contribution < -0.4 is 4.72 Å². The monoisotopic (exact) mass is 364 g/mol. The molecule has 1 aromatic heterocycles. The van der Waals surface area contributed by atoms with Gasteiger partial charge in [-0.25, -0.2) is 18.1 Å². The van der Waals surface area contributed by atoms with E-state index in [4.69, 9.17) is 10.4 Å². The largest absolute Gasteiger partial charge is 0.480 e. The van der Waals surface area contributed by atoms with Crippen molar-refractivity contribution in [2.45, 2.75) is 42.7 Å². The number of nitriles is 1. The van der Waals surface area contributed by atoms with Crippen molar-refractivity contribution in [2.75, 3.05) is 13.1 Å². The smallest absolute Gasteiger partial charge is 0.317 e. The average molecular weight is 364 g/mol. The number of carboxylic acid groups (broad SMARTS) is 1. The first-order valence-corrected chi connectivity index (χ1v) is 9.70. The van der Waals surface area contributed by atoms with Crippen LogP contribution in [-0.4, -0.2) is 54.6 Å². The molecule has 2 saturated carbocycles. The second-order valence-electron chi connectivity index (χ2n) is 6.67. The van der Waals surface area contributed by atoms with Gasteiger partial charge in [-0.05, 0) is 43.7 Å². The topological polar surface area (TPSA) is 123 Å². The van der Waals surface area contributed by atoms with Crippen LogP contribution in [0.1, 0.15) is 31.4 Å². The van der Waals surface area contributed by atoms with E-state index in [9.17, 15) is 13.2 Å². The Morgan fingerprint density at radius 3 is 2.76 bits per heavy atom. The number of carboxylic acids is 1. The molecule has 3 rings (SSSR count). The number of carbonyl (C=O) groups is 1. The molecule has 1 aromatic rings. The van der Waals surface area contributed by atoms with E-state index in [0.717, 1.165) is 19.4 Å². The molecule has 2 aliphatic carbocycles. The van der Waals surface area contributed by atoms with Crippen molar-refractivity contribution < 1.29 is 18.3 Å². The molecule has 2 aliphatic rings. The van der Waals surface area contributed by atoms with Gasteiger partial charge in [-0.15, -0.1) is 0 Å². The fraction of sp³-hybridized carbons (Fsp3) is 0.562. The van der Waals surface area contributed by atoms with Crippen LogP contribution in [0.3, 0.4) is 0 Å². The van der Waals surface area contributed by atoms with Gasteiger partial charge in [0.05, 0.1) is 6.54 Å². The Morgan fingerprint density at radius 1 is 1.44 bits per heavy atom. The zero-order valence-electron chi connectivity index (χ0n) is 13.6. The van der Waals surface area contributed by atoms with E-state index in [1.54, 1.807) is 6.07 Å². The molecular formula is C16H20N4O4S. The number of nitrogens with zero attached hydrogens (tertiary/aromatic N) is 3. The molecule has 2 fully saturated rings. The third-order valence-corrected chi connectivity index (χ3v) is 6.20. The summed E-state index contributed by atoms with van der Waals surface area (Å²) >= 11 is 0. The molecule has 0 amide bonds. The number of hydrogen-bond acceptors (Lipinski definition) is 6. The van der Waals surface area contributed by atoms with Gasteiger partial charge < -0.3 is 5.11 Å². The van der Waals surface area contributed by atoms with Crippen molar-refractivity contribution in [2.24, 2.45) is 5.92 Å². The highest BCUT2D eigenvalue weighted by Gasteiger charge is 2.39. The highest BCUT2D eigenvalue weighted by molar-refractivity contribution is 7.89. The summed E-state index contributed by atoms with van der Waals surface area (Å²) in [6.07, 6.45) is 4.79. The van der Waals surface area contributed by atoms with Crippen molar-refractivity contribution in [1.29, 1.82) is 5.26 Å². The molecule has 134 valence electrons. The Labute approximate surface area is 146 Å². The van der Waals surface area contributed by atoms with Crippen LogP contribution >= 0.6 is 0 Å². The molecule has 0 aromatic carbocycles. The fourth-order valence-corrected chi connectivity index (χ4v) is 4.47. The van der Waals surface area contributed by atoms with Crippen LogP contribution in [0.15, 0.2) is 23.2 Å². The van der Waals surface area contributed by atoms with E-state index in [-0.39, 0.29) is 29.2 Å². The maximum atomic E-state index is 12.4. The summed E-state index contributed by atoms with van der Waals surface area (Å²) in [6, 6.07) is 4.44. The number of nitrogens with one attached hydrogen (secondary N) is 1. The maximum Gasteiger partial charge on any atom is 0.317 e. The minimum absolute atomic E-state index is 0.0121. The molecule has 2 N–H and O–H groups in total. The molecule has 1 heterocycles. The number of hydrogen-bond donors (Lipinski definition) is 2. The lowest BCUT2D eigenvalue weighted by Gasteiger charge is -2.42. The Morgan fingerprint density at radius 2 is 2.16 bits per heavy atom. The van der Waals surface area contributed by atoms with Crippen molar-refractivity contribution in [3.63, 3.8) is 0 Å². The molecule has 0 saturated heterocycles. The zero-order chi connectivity index (χ0) is 18.0. The van der Waals surface area contributed by atoms with Crippen LogP contribution in [0.25, 0.3) is 0 Å². The molecule has 0 aliphatic heterocycles. The summed E-state index contributed by atoms with van der Waals surface area (Å²) in [7, 11) is -3.82. The third kappa shape index (κ3) is 4.34. The van der Waals surface area contributed by atoms with E-state index < -0.39 is 16.0 Å². The lowest BCUT2D eigenvalue weighted by atomic mass is 9.86. The second kappa shape index (κ2) is 7.07. The Kier molecular flexibility index (Phi) is 5.03. The summed E-state index contributed by atoms with van der Waals surface area (Å²) in [5.74, 6) is -0.289. The van der Waals surface area contributed by atoms with Crippen molar-refractivity contribution >= 4 is 16.0 Å². The van der Waals surface area contributed by atoms with Gasteiger partial charge in [0.2, 0.25) is 10.0 Å². The van der Waals surface area contributed by atoms with Gasteiger partial charge in [0.15, 0.2) is 5.69 Å². The highest BCUT2D eigenvalue weighted by Crippen LogP contribution is 2.34. The van der Waals surface area contributed by atoms with Crippen molar-refractivity contribution in [3.05, 3.63) is 24.0 Å². The van der Waals surface area contributed by atoms with E-state index in [0.29, 0.717) is 18.8 Å². The maximum absolute atomic E-state index is 12.4. The highest BCUT2D eigenvalue weighted by atomic mass is 32.2. The van der Waals surface area contributed by atoms with Gasteiger partial charge in [-0.1, -0.05) is 0 Å². The first-order valence-electron chi connectivity index (χ1n) is 8.22. The number of rotatable bonds is 8. The Bertz CT molecular complexity index is 795. The molecule has 8 nitrogen and oxygen atoms in total. The Hall–Kier alpha value is -2.02. The molecule has 0 radical (unpaired) electrons. The van der Waals surface area contributed by atoms with Crippen LogP contribution in [0.5, 0.6) is 0 Å². The van der Waals surface area contributed by atoms with Crippen molar-refractivity contribution in [1.82, 2.24) is 14.6 Å². The molecule has 9 heteroatoms. The van der Waals surface area contributed by atoms with Crippen LogP contribution in [0.2, 0.25) is 0 Å². The molecule has 0 bridgehead atoms. The zero-order valence-corrected chi connectivity index (χ0v) is 14.4. The molecule has 0 unspecified atom stereocenters. The van der Waals surface area contributed by atoms with Crippen LogP contribution in [-0.2, 0) is 14.8 Å². The summed E-state index contributed by atoms with van der Waals surface area (Å²) in [6.45, 7) is 0.749.